The molecule has 0 amide bonds. The number of piperazine rings is 1. The average molecular weight is 432 g/mol. The summed E-state index contributed by atoms with van der Waals surface area (Å²) in [6, 6.07) is 27.9. The predicted octanol–water partition coefficient (Wildman–Crippen LogP) is 3.75. The van der Waals surface area contributed by atoms with Crippen LogP contribution in [0.15, 0.2) is 89.9 Å². The van der Waals surface area contributed by atoms with Gasteiger partial charge in [-0.15, -0.1) is 0 Å². The fraction of sp³-hybridized carbons (Fsp3) is 0.269. The Kier molecular flexibility index (Phi) is 7.02. The molecule has 166 valence electrons. The molecule has 3 aromatic rings. The first kappa shape index (κ1) is 21.8. The molecule has 0 aliphatic carbocycles. The summed E-state index contributed by atoms with van der Waals surface area (Å²) in [7, 11) is 0. The smallest absolute Gasteiger partial charge is 0.185 e. The second-order valence-corrected chi connectivity index (χ2v) is 8.14. The van der Waals surface area contributed by atoms with E-state index in [1.807, 2.05) is 24.3 Å². The summed E-state index contributed by atoms with van der Waals surface area (Å²) >= 11 is 0. The van der Waals surface area contributed by atoms with E-state index in [1.165, 1.54) is 23.3 Å². The van der Waals surface area contributed by atoms with Crippen LogP contribution in [0.5, 0.6) is 0 Å². The highest BCUT2D eigenvalue weighted by Crippen LogP contribution is 2.37. The van der Waals surface area contributed by atoms with Gasteiger partial charge < -0.3 is 16.4 Å². The van der Waals surface area contributed by atoms with Crippen LogP contribution in [0.1, 0.15) is 23.1 Å². The Morgan fingerprint density at radius 1 is 0.781 bits per heavy atom. The van der Waals surface area contributed by atoms with Gasteiger partial charge in [0, 0.05) is 43.8 Å². The molecule has 1 aliphatic rings. The van der Waals surface area contributed by atoms with Gasteiger partial charge >= 0.3 is 0 Å². The minimum atomic E-state index is -0.207. The molecule has 0 spiro atoms. The van der Waals surface area contributed by atoms with E-state index in [2.05, 4.69) is 63.3 Å². The van der Waals surface area contributed by atoms with Gasteiger partial charge in [0.15, 0.2) is 5.96 Å². The molecule has 0 saturated carbocycles. The molecule has 6 heteroatoms. The highest BCUT2D eigenvalue weighted by molar-refractivity contribution is 5.75. The second kappa shape index (κ2) is 10.3. The number of nitrogens with two attached hydrogens (primary N) is 2. The molecule has 1 fully saturated rings. The van der Waals surface area contributed by atoms with E-state index in [0.717, 1.165) is 31.9 Å². The molecule has 1 aliphatic heterocycles. The van der Waals surface area contributed by atoms with Gasteiger partial charge in [-0.25, -0.2) is 4.39 Å². The van der Waals surface area contributed by atoms with Crippen LogP contribution in [-0.2, 0) is 0 Å². The third kappa shape index (κ3) is 5.26. The average Bonchev–Trinajstić information content (AvgIpc) is 2.83. The third-order valence-electron chi connectivity index (χ3n) is 6.12. The molecule has 4 rings (SSSR count). The Balaban J connectivity index is 1.62. The van der Waals surface area contributed by atoms with Crippen LogP contribution in [0.4, 0.5) is 10.1 Å². The van der Waals surface area contributed by atoms with Gasteiger partial charge in [-0.1, -0.05) is 60.7 Å². The van der Waals surface area contributed by atoms with E-state index < -0.39 is 0 Å². The molecule has 0 aromatic heterocycles. The first-order valence-corrected chi connectivity index (χ1v) is 11.0. The van der Waals surface area contributed by atoms with Gasteiger partial charge in [-0.2, -0.15) is 0 Å². The van der Waals surface area contributed by atoms with Gasteiger partial charge in [0.25, 0.3) is 0 Å². The number of rotatable bonds is 7. The Bertz CT molecular complexity index is 995. The topological polar surface area (TPSA) is 70.9 Å². The molecule has 3 aromatic carbocycles. The first-order valence-electron chi connectivity index (χ1n) is 11.0. The Hall–Kier alpha value is -3.38. The number of guanidine groups is 1. The standard InChI is InChI=1S/C26H30FN5/c27-22-11-13-23(14-12-22)31-15-17-32(18-16-31)25(21-9-5-2-6-10-21)24(19-30-26(28)29)20-7-3-1-4-8-20/h1-14,24-25H,15-19H2,(H4,28,29,30)/t24-,25+/m0/s1. The molecular weight excluding hydrogens is 401 g/mol. The number of halogens is 1. The summed E-state index contributed by atoms with van der Waals surface area (Å²) in [5.74, 6) is 0.0129. The van der Waals surface area contributed by atoms with Gasteiger partial charge in [0.1, 0.15) is 5.82 Å². The van der Waals surface area contributed by atoms with E-state index in [1.54, 1.807) is 0 Å². The Morgan fingerprint density at radius 2 is 1.34 bits per heavy atom. The predicted molar refractivity (Wildman–Crippen MR) is 129 cm³/mol. The molecule has 0 unspecified atom stereocenters. The van der Waals surface area contributed by atoms with E-state index in [-0.39, 0.29) is 23.7 Å². The zero-order chi connectivity index (χ0) is 22.3. The molecule has 1 heterocycles. The lowest BCUT2D eigenvalue weighted by molar-refractivity contribution is 0.162. The van der Waals surface area contributed by atoms with Crippen molar-refractivity contribution in [3.05, 3.63) is 102 Å². The second-order valence-electron chi connectivity index (χ2n) is 8.14. The summed E-state index contributed by atoms with van der Waals surface area (Å²) in [5.41, 5.74) is 14.9. The van der Waals surface area contributed by atoms with Crippen molar-refractivity contribution in [2.45, 2.75) is 12.0 Å². The van der Waals surface area contributed by atoms with Crippen LogP contribution >= 0.6 is 0 Å². The lowest BCUT2D eigenvalue weighted by atomic mass is 9.85. The minimum absolute atomic E-state index is 0.109. The van der Waals surface area contributed by atoms with Gasteiger partial charge in [-0.05, 0) is 35.4 Å². The number of aliphatic imine (C=N–C) groups is 1. The minimum Gasteiger partial charge on any atom is -0.370 e. The monoisotopic (exact) mass is 431 g/mol. The number of benzene rings is 3. The number of hydrogen-bond donors (Lipinski definition) is 2. The van der Waals surface area contributed by atoms with Gasteiger partial charge in [0.2, 0.25) is 0 Å². The summed E-state index contributed by atoms with van der Waals surface area (Å²) in [4.78, 5) is 9.25. The van der Waals surface area contributed by atoms with E-state index >= 15 is 0 Å². The fourth-order valence-electron chi connectivity index (χ4n) is 4.55. The lowest BCUT2D eigenvalue weighted by Gasteiger charge is -2.43. The highest BCUT2D eigenvalue weighted by atomic mass is 19.1. The Labute approximate surface area is 189 Å². The van der Waals surface area contributed by atoms with E-state index in [9.17, 15) is 4.39 Å². The van der Waals surface area contributed by atoms with Crippen molar-refractivity contribution in [3.63, 3.8) is 0 Å². The fourth-order valence-corrected chi connectivity index (χ4v) is 4.55. The summed E-state index contributed by atoms with van der Waals surface area (Å²) < 4.78 is 13.3. The van der Waals surface area contributed by atoms with Crippen LogP contribution in [0.2, 0.25) is 0 Å². The molecule has 0 bridgehead atoms. The van der Waals surface area contributed by atoms with Crippen LogP contribution in [-0.4, -0.2) is 43.6 Å². The maximum absolute atomic E-state index is 13.3. The largest absolute Gasteiger partial charge is 0.370 e. The van der Waals surface area contributed by atoms with E-state index in [4.69, 9.17) is 11.5 Å². The molecule has 0 radical (unpaired) electrons. The number of anilines is 1. The van der Waals surface area contributed by atoms with Crippen molar-refractivity contribution in [2.75, 3.05) is 37.6 Å². The molecule has 2 atom stereocenters. The molecule has 1 saturated heterocycles. The summed E-state index contributed by atoms with van der Waals surface area (Å²) in [6.07, 6.45) is 0. The van der Waals surface area contributed by atoms with Crippen LogP contribution < -0.4 is 16.4 Å². The highest BCUT2D eigenvalue weighted by Gasteiger charge is 2.32. The van der Waals surface area contributed by atoms with Crippen molar-refractivity contribution in [2.24, 2.45) is 16.5 Å². The number of nitrogens with zero attached hydrogens (tertiary/aromatic N) is 3. The quantitative estimate of drug-likeness (QED) is 0.442. The van der Waals surface area contributed by atoms with Crippen molar-refractivity contribution in [1.82, 2.24) is 4.90 Å². The maximum atomic E-state index is 13.3. The normalized spacial score (nSPS) is 16.3. The van der Waals surface area contributed by atoms with Gasteiger partial charge in [0.05, 0.1) is 6.54 Å². The van der Waals surface area contributed by atoms with Crippen molar-refractivity contribution in [1.29, 1.82) is 0 Å². The SMILES string of the molecule is NC(N)=NC[C@@H](c1ccccc1)[C@@H](c1ccccc1)N1CCN(c2ccc(F)cc2)CC1. The number of hydrogen-bond acceptors (Lipinski definition) is 3. The molecule has 5 nitrogen and oxygen atoms in total. The third-order valence-corrected chi connectivity index (χ3v) is 6.12. The van der Waals surface area contributed by atoms with Crippen molar-refractivity contribution >= 4 is 11.6 Å². The van der Waals surface area contributed by atoms with Crippen LogP contribution in [0.25, 0.3) is 0 Å². The van der Waals surface area contributed by atoms with Crippen molar-refractivity contribution in [3.8, 4) is 0 Å². The van der Waals surface area contributed by atoms with Crippen LogP contribution in [0.3, 0.4) is 0 Å². The zero-order valence-electron chi connectivity index (χ0n) is 18.1. The molecule has 4 N–H and O–H groups in total. The maximum Gasteiger partial charge on any atom is 0.185 e. The van der Waals surface area contributed by atoms with E-state index in [0.29, 0.717) is 6.54 Å². The summed E-state index contributed by atoms with van der Waals surface area (Å²) in [5, 5.41) is 0. The van der Waals surface area contributed by atoms with Crippen LogP contribution in [0, 0.1) is 5.82 Å². The lowest BCUT2D eigenvalue weighted by Crippen LogP contribution is -2.49. The molecular formula is C26H30FN5. The van der Waals surface area contributed by atoms with Gasteiger partial charge in [-0.3, -0.25) is 9.89 Å². The first-order chi connectivity index (χ1) is 15.6. The Morgan fingerprint density at radius 3 is 1.91 bits per heavy atom. The zero-order valence-corrected chi connectivity index (χ0v) is 18.1. The summed E-state index contributed by atoms with van der Waals surface area (Å²) in [6.45, 7) is 4.05. The van der Waals surface area contributed by atoms with Crippen molar-refractivity contribution < 1.29 is 4.39 Å². The molecule has 32 heavy (non-hydrogen) atoms.